The molecule has 0 N–H and O–H groups in total. The highest BCUT2D eigenvalue weighted by molar-refractivity contribution is 6.16. The molecule has 0 saturated carbocycles. The average Bonchev–Trinajstić information content (AvgIpc) is 3.58. The van der Waals surface area contributed by atoms with Gasteiger partial charge in [-0.05, 0) is 100 Å². The Morgan fingerprint density at radius 2 is 1.17 bits per heavy atom. The minimum atomic E-state index is -0.0992. The van der Waals surface area contributed by atoms with Gasteiger partial charge in [0.05, 0.1) is 16.7 Å². The predicted octanol–water partition coefficient (Wildman–Crippen LogP) is 12.5. The smallest absolute Gasteiger partial charge is 0.0562 e. The van der Waals surface area contributed by atoms with Gasteiger partial charge in [-0.1, -0.05) is 123 Å². The van der Waals surface area contributed by atoms with E-state index in [4.69, 9.17) is 0 Å². The number of anilines is 3. The molecular formula is C46H36N2. The first-order valence-corrected chi connectivity index (χ1v) is 16.8. The van der Waals surface area contributed by atoms with E-state index in [-0.39, 0.29) is 5.41 Å². The molecule has 0 spiro atoms. The van der Waals surface area contributed by atoms with Gasteiger partial charge in [-0.3, -0.25) is 0 Å². The zero-order chi connectivity index (χ0) is 32.4. The molecule has 2 nitrogen and oxygen atoms in total. The highest BCUT2D eigenvalue weighted by Gasteiger charge is 2.36. The topological polar surface area (TPSA) is 8.17 Å². The summed E-state index contributed by atoms with van der Waals surface area (Å²) in [6, 6.07) is 60.0. The summed E-state index contributed by atoms with van der Waals surface area (Å²) in [4.78, 5) is 2.46. The summed E-state index contributed by atoms with van der Waals surface area (Å²) >= 11 is 0. The number of fused-ring (bicyclic) bond motifs is 6. The van der Waals surface area contributed by atoms with Gasteiger partial charge in [-0.15, -0.1) is 0 Å². The largest absolute Gasteiger partial charge is 0.310 e. The minimum absolute atomic E-state index is 0.0992. The fourth-order valence-corrected chi connectivity index (χ4v) is 7.92. The quantitative estimate of drug-likeness (QED) is 0.187. The van der Waals surface area contributed by atoms with Crippen LogP contribution in [0.3, 0.4) is 0 Å². The van der Waals surface area contributed by atoms with Crippen LogP contribution in [0.15, 0.2) is 164 Å². The fraction of sp³-hybridized carbons (Fsp3) is 0.0870. The predicted molar refractivity (Wildman–Crippen MR) is 203 cm³/mol. The molecule has 0 radical (unpaired) electrons. The molecule has 0 amide bonds. The molecule has 48 heavy (non-hydrogen) atoms. The van der Waals surface area contributed by atoms with Crippen molar-refractivity contribution in [2.75, 3.05) is 4.90 Å². The maximum absolute atomic E-state index is 2.46. The Hall–Kier alpha value is -5.86. The number of nitrogens with zero attached hydrogens (tertiary/aromatic N) is 2. The van der Waals surface area contributed by atoms with Gasteiger partial charge in [-0.25, -0.2) is 0 Å². The van der Waals surface area contributed by atoms with E-state index in [9.17, 15) is 0 Å². The molecule has 0 aliphatic heterocycles. The Morgan fingerprint density at radius 1 is 0.500 bits per heavy atom. The lowest BCUT2D eigenvalue weighted by molar-refractivity contribution is 0.660. The average molecular weight is 617 g/mol. The fourth-order valence-electron chi connectivity index (χ4n) is 7.92. The maximum atomic E-state index is 2.46. The second-order valence-electron chi connectivity index (χ2n) is 13.5. The first kappa shape index (κ1) is 28.4. The summed E-state index contributed by atoms with van der Waals surface area (Å²) in [6.45, 7) is 6.88. The van der Waals surface area contributed by atoms with Crippen molar-refractivity contribution in [2.24, 2.45) is 0 Å². The number of aromatic nitrogens is 1. The molecule has 0 bridgehead atoms. The standard InChI is InChI=1S/C46H36N2/c1-31-13-11-16-35(29-31)48-42-20-10-8-18-39(42)45-43(21-12-22-44(45)48)47(34-25-23-33(24-26-34)32-14-5-4-6-15-32)36-27-28-38-37-17-7-9-19-40(37)46(2,3)41(38)30-36/h4-30H,1-3H3. The Morgan fingerprint density at radius 3 is 2.00 bits per heavy atom. The third kappa shape index (κ3) is 4.33. The number of aryl methyl sites for hydroxylation is 1. The number of hydrogen-bond acceptors (Lipinski definition) is 1. The van der Waals surface area contributed by atoms with Crippen LogP contribution in [0.4, 0.5) is 17.1 Å². The van der Waals surface area contributed by atoms with E-state index in [1.165, 1.54) is 66.4 Å². The van der Waals surface area contributed by atoms with Crippen LogP contribution in [0.1, 0.15) is 30.5 Å². The van der Waals surface area contributed by atoms with Crippen molar-refractivity contribution >= 4 is 38.9 Å². The van der Waals surface area contributed by atoms with E-state index < -0.39 is 0 Å². The van der Waals surface area contributed by atoms with Gasteiger partial charge >= 0.3 is 0 Å². The van der Waals surface area contributed by atoms with Crippen molar-refractivity contribution in [3.8, 4) is 27.9 Å². The normalized spacial score (nSPS) is 13.1. The van der Waals surface area contributed by atoms with Crippen molar-refractivity contribution in [1.29, 1.82) is 0 Å². The van der Waals surface area contributed by atoms with E-state index in [1.54, 1.807) is 0 Å². The molecule has 0 unspecified atom stereocenters. The van der Waals surface area contributed by atoms with Crippen LogP contribution >= 0.6 is 0 Å². The summed E-state index contributed by atoms with van der Waals surface area (Å²) in [5, 5.41) is 2.48. The van der Waals surface area contributed by atoms with E-state index in [2.05, 4.69) is 194 Å². The van der Waals surface area contributed by atoms with Crippen LogP contribution in [-0.2, 0) is 5.41 Å². The molecule has 7 aromatic carbocycles. The highest BCUT2D eigenvalue weighted by atomic mass is 15.1. The van der Waals surface area contributed by atoms with Crippen LogP contribution in [0.2, 0.25) is 0 Å². The Labute approximate surface area is 282 Å². The zero-order valence-electron chi connectivity index (χ0n) is 27.5. The monoisotopic (exact) mass is 616 g/mol. The Bertz CT molecular complexity index is 2480. The molecule has 1 aliphatic carbocycles. The van der Waals surface area contributed by atoms with Crippen LogP contribution in [-0.4, -0.2) is 4.57 Å². The summed E-state index contributed by atoms with van der Waals surface area (Å²) in [5.74, 6) is 0. The van der Waals surface area contributed by atoms with E-state index in [0.717, 1.165) is 17.1 Å². The van der Waals surface area contributed by atoms with Crippen LogP contribution < -0.4 is 4.90 Å². The lowest BCUT2D eigenvalue weighted by Crippen LogP contribution is -2.16. The number of benzene rings is 7. The van der Waals surface area contributed by atoms with Crippen molar-refractivity contribution < 1.29 is 0 Å². The molecule has 230 valence electrons. The summed E-state index contributed by atoms with van der Waals surface area (Å²) in [5.41, 5.74) is 16.0. The highest BCUT2D eigenvalue weighted by Crippen LogP contribution is 2.51. The second kappa shape index (κ2) is 10.9. The van der Waals surface area contributed by atoms with Gasteiger partial charge < -0.3 is 9.47 Å². The SMILES string of the molecule is Cc1cccc(-n2c3ccccc3c3c(N(c4ccc(-c5ccccc5)cc4)c4ccc5c(c4)C(C)(C)c4ccccc4-5)cccc32)c1. The lowest BCUT2D eigenvalue weighted by atomic mass is 9.82. The summed E-state index contributed by atoms with van der Waals surface area (Å²) < 4.78 is 2.42. The molecule has 2 heteroatoms. The second-order valence-corrected chi connectivity index (χ2v) is 13.5. The van der Waals surface area contributed by atoms with Gasteiger partial charge in [0.2, 0.25) is 0 Å². The third-order valence-electron chi connectivity index (χ3n) is 10.2. The van der Waals surface area contributed by atoms with Crippen LogP contribution in [0.5, 0.6) is 0 Å². The minimum Gasteiger partial charge on any atom is -0.310 e. The lowest BCUT2D eigenvalue weighted by Gasteiger charge is -2.29. The maximum Gasteiger partial charge on any atom is 0.0562 e. The first-order chi connectivity index (χ1) is 23.5. The van der Waals surface area contributed by atoms with E-state index >= 15 is 0 Å². The molecule has 9 rings (SSSR count). The Balaban J connectivity index is 1.31. The molecule has 0 fully saturated rings. The molecule has 1 aliphatic rings. The van der Waals surface area contributed by atoms with Gasteiger partial charge in [0.1, 0.15) is 0 Å². The zero-order valence-corrected chi connectivity index (χ0v) is 27.5. The third-order valence-corrected chi connectivity index (χ3v) is 10.2. The number of rotatable bonds is 5. The molecule has 0 atom stereocenters. The molecule has 8 aromatic rings. The number of para-hydroxylation sites is 1. The van der Waals surface area contributed by atoms with Gasteiger partial charge in [0, 0.05) is 33.2 Å². The molecule has 1 aromatic heterocycles. The summed E-state index contributed by atoms with van der Waals surface area (Å²) in [6.07, 6.45) is 0. The Kier molecular flexibility index (Phi) is 6.42. The first-order valence-electron chi connectivity index (χ1n) is 16.8. The van der Waals surface area contributed by atoms with Crippen molar-refractivity contribution in [3.63, 3.8) is 0 Å². The van der Waals surface area contributed by atoms with Gasteiger partial charge in [-0.2, -0.15) is 0 Å². The molecule has 1 heterocycles. The van der Waals surface area contributed by atoms with E-state index in [1.807, 2.05) is 0 Å². The van der Waals surface area contributed by atoms with Gasteiger partial charge in [0.15, 0.2) is 0 Å². The van der Waals surface area contributed by atoms with Crippen molar-refractivity contribution in [1.82, 2.24) is 4.57 Å². The van der Waals surface area contributed by atoms with Crippen molar-refractivity contribution in [2.45, 2.75) is 26.2 Å². The number of hydrogen-bond donors (Lipinski definition) is 0. The van der Waals surface area contributed by atoms with Crippen LogP contribution in [0, 0.1) is 6.92 Å². The van der Waals surface area contributed by atoms with E-state index in [0.29, 0.717) is 0 Å². The van der Waals surface area contributed by atoms with Crippen LogP contribution in [0.25, 0.3) is 49.7 Å². The molecular weight excluding hydrogens is 581 g/mol. The van der Waals surface area contributed by atoms with Gasteiger partial charge in [0.25, 0.3) is 0 Å². The molecule has 0 saturated heterocycles. The van der Waals surface area contributed by atoms with Crippen molar-refractivity contribution in [3.05, 3.63) is 180 Å². The summed E-state index contributed by atoms with van der Waals surface area (Å²) in [7, 11) is 0.